The molecule has 0 aliphatic carbocycles. The number of fused-ring (bicyclic) bond motifs is 5. The molecule has 0 unspecified atom stereocenters. The SMILES string of the molecule is Cn1c(=O)n(C)c2cc(-c3ccc(-c4nc(-c5ccccc5)nc(-c5ccc(-c6c7ccccc7cc7c6ccc6ccccc67)cc5)n4)cc3)ccc21. The van der Waals surface area contributed by atoms with Crippen LogP contribution in [0.4, 0.5) is 0 Å². The van der Waals surface area contributed by atoms with Crippen LogP contribution in [0.15, 0.2) is 169 Å². The van der Waals surface area contributed by atoms with Crippen LogP contribution in [-0.2, 0) is 14.1 Å². The van der Waals surface area contributed by atoms with Crippen molar-refractivity contribution in [1.29, 1.82) is 0 Å². The highest BCUT2D eigenvalue weighted by Gasteiger charge is 2.16. The van der Waals surface area contributed by atoms with Crippen LogP contribution >= 0.6 is 0 Å². The lowest BCUT2D eigenvalue weighted by atomic mass is 9.89. The van der Waals surface area contributed by atoms with Crippen molar-refractivity contribution in [2.45, 2.75) is 0 Å². The number of aryl methyl sites for hydroxylation is 2. The van der Waals surface area contributed by atoms with E-state index in [1.54, 1.807) is 23.2 Å². The van der Waals surface area contributed by atoms with E-state index in [4.69, 9.17) is 15.0 Å². The second-order valence-electron chi connectivity index (χ2n) is 13.8. The molecule has 256 valence electrons. The molecule has 8 aromatic carbocycles. The van der Waals surface area contributed by atoms with Crippen molar-refractivity contribution in [3.8, 4) is 56.4 Å². The van der Waals surface area contributed by atoms with Gasteiger partial charge in [-0.15, -0.1) is 0 Å². The first-order chi connectivity index (χ1) is 26.5. The Balaban J connectivity index is 1.06. The molecule has 0 N–H and O–H groups in total. The molecule has 54 heavy (non-hydrogen) atoms. The average molecular weight is 696 g/mol. The number of nitrogens with zero attached hydrogens (tertiary/aromatic N) is 5. The van der Waals surface area contributed by atoms with Crippen molar-refractivity contribution >= 4 is 43.4 Å². The van der Waals surface area contributed by atoms with E-state index < -0.39 is 0 Å². The molecule has 0 aliphatic heterocycles. The molecule has 0 saturated carbocycles. The van der Waals surface area contributed by atoms with Crippen LogP contribution in [0, 0.1) is 0 Å². The molecule has 6 heteroatoms. The Morgan fingerprint density at radius 3 is 1.57 bits per heavy atom. The smallest absolute Gasteiger partial charge is 0.295 e. The third-order valence-electron chi connectivity index (χ3n) is 10.6. The summed E-state index contributed by atoms with van der Waals surface area (Å²) in [5, 5.41) is 7.40. The van der Waals surface area contributed by atoms with Crippen molar-refractivity contribution in [1.82, 2.24) is 24.1 Å². The van der Waals surface area contributed by atoms with Crippen LogP contribution in [0.25, 0.3) is 99.8 Å². The van der Waals surface area contributed by atoms with Gasteiger partial charge < -0.3 is 0 Å². The molecule has 0 radical (unpaired) electrons. The van der Waals surface area contributed by atoms with Gasteiger partial charge in [0.05, 0.1) is 11.0 Å². The highest BCUT2D eigenvalue weighted by atomic mass is 16.1. The Hall–Kier alpha value is -7.18. The molecule has 2 aromatic heterocycles. The summed E-state index contributed by atoms with van der Waals surface area (Å²) in [7, 11) is 3.61. The van der Waals surface area contributed by atoms with E-state index in [0.29, 0.717) is 17.5 Å². The van der Waals surface area contributed by atoms with Gasteiger partial charge in [0.2, 0.25) is 0 Å². The quantitative estimate of drug-likeness (QED) is 0.133. The second-order valence-corrected chi connectivity index (χ2v) is 13.8. The van der Waals surface area contributed by atoms with E-state index in [-0.39, 0.29) is 5.69 Å². The maximum Gasteiger partial charge on any atom is 0.328 e. The molecule has 0 aliphatic rings. The number of hydrogen-bond donors (Lipinski definition) is 0. The summed E-state index contributed by atoms with van der Waals surface area (Å²) < 4.78 is 3.36. The van der Waals surface area contributed by atoms with Gasteiger partial charge in [-0.1, -0.05) is 146 Å². The molecule has 0 spiro atoms. The van der Waals surface area contributed by atoms with Gasteiger partial charge in [0.25, 0.3) is 0 Å². The number of aromatic nitrogens is 5. The van der Waals surface area contributed by atoms with Crippen molar-refractivity contribution in [2.75, 3.05) is 0 Å². The fourth-order valence-corrected chi connectivity index (χ4v) is 7.77. The lowest BCUT2D eigenvalue weighted by Gasteiger charge is -2.14. The van der Waals surface area contributed by atoms with Crippen LogP contribution in [0.2, 0.25) is 0 Å². The van der Waals surface area contributed by atoms with Crippen LogP contribution in [0.5, 0.6) is 0 Å². The molecule has 10 aromatic rings. The van der Waals surface area contributed by atoms with Gasteiger partial charge >= 0.3 is 5.69 Å². The van der Waals surface area contributed by atoms with Crippen molar-refractivity contribution in [3.05, 3.63) is 174 Å². The monoisotopic (exact) mass is 695 g/mol. The maximum absolute atomic E-state index is 12.5. The molecule has 0 bridgehead atoms. The molecule has 6 nitrogen and oxygen atoms in total. The summed E-state index contributed by atoms with van der Waals surface area (Å²) in [6, 6.07) is 57.1. The summed E-state index contributed by atoms with van der Waals surface area (Å²) in [4.78, 5) is 27.5. The van der Waals surface area contributed by atoms with E-state index in [2.05, 4.69) is 127 Å². The fourth-order valence-electron chi connectivity index (χ4n) is 7.77. The molecule has 0 amide bonds. The molecule has 2 heterocycles. The van der Waals surface area contributed by atoms with E-state index in [1.807, 2.05) is 36.4 Å². The Morgan fingerprint density at radius 2 is 0.889 bits per heavy atom. The van der Waals surface area contributed by atoms with E-state index in [0.717, 1.165) is 44.4 Å². The van der Waals surface area contributed by atoms with Gasteiger partial charge in [0.1, 0.15) is 0 Å². The molecular weight excluding hydrogens is 663 g/mol. The molecule has 10 rings (SSSR count). The van der Waals surface area contributed by atoms with Crippen molar-refractivity contribution < 1.29 is 0 Å². The van der Waals surface area contributed by atoms with Crippen molar-refractivity contribution in [2.24, 2.45) is 14.1 Å². The van der Waals surface area contributed by atoms with E-state index in [1.165, 1.54) is 37.9 Å². The lowest BCUT2D eigenvalue weighted by Crippen LogP contribution is -2.19. The predicted molar refractivity (Wildman–Crippen MR) is 221 cm³/mol. The zero-order valence-corrected chi connectivity index (χ0v) is 29.7. The first-order valence-corrected chi connectivity index (χ1v) is 18.0. The molecule has 0 fully saturated rings. The number of rotatable bonds is 5. The van der Waals surface area contributed by atoms with Gasteiger partial charge in [-0.3, -0.25) is 9.13 Å². The molecule has 0 atom stereocenters. The van der Waals surface area contributed by atoms with Crippen LogP contribution in [0.1, 0.15) is 0 Å². The minimum atomic E-state index is -0.0391. The first kappa shape index (κ1) is 31.5. The highest BCUT2D eigenvalue weighted by molar-refractivity contribution is 6.20. The Labute approximate surface area is 311 Å². The Bertz CT molecular complexity index is 3120. The third kappa shape index (κ3) is 5.19. The van der Waals surface area contributed by atoms with E-state index in [9.17, 15) is 4.79 Å². The van der Waals surface area contributed by atoms with Gasteiger partial charge in [-0.25, -0.2) is 19.7 Å². The summed E-state index contributed by atoms with van der Waals surface area (Å²) in [6.45, 7) is 0. The summed E-state index contributed by atoms with van der Waals surface area (Å²) in [5.41, 5.74) is 8.91. The first-order valence-electron chi connectivity index (χ1n) is 18.0. The highest BCUT2D eigenvalue weighted by Crippen LogP contribution is 2.40. The largest absolute Gasteiger partial charge is 0.328 e. The Kier molecular flexibility index (Phi) is 7.30. The summed E-state index contributed by atoms with van der Waals surface area (Å²) >= 11 is 0. The standard InChI is InChI=1S/C48H33N5O/c1-52-42-27-25-36(29-43(42)53(2)48(52)54)30-16-20-34(21-17-30)46-49-45(33-11-4-3-5-12-33)50-47(51-46)35-22-18-32(19-23-35)44-39-15-9-7-13-37(39)28-41-38-14-8-6-10-31(38)24-26-40(41)44/h3-29H,1-2H3. The number of benzene rings is 8. The fraction of sp³-hybridized carbons (Fsp3) is 0.0417. The topological polar surface area (TPSA) is 65.6 Å². The third-order valence-corrected chi connectivity index (χ3v) is 10.6. The average Bonchev–Trinajstić information content (AvgIpc) is 3.45. The number of imidazole rings is 1. The normalized spacial score (nSPS) is 11.6. The molecular formula is C48H33N5O. The minimum absolute atomic E-state index is 0.0391. The second kappa shape index (κ2) is 12.5. The van der Waals surface area contributed by atoms with Crippen LogP contribution in [-0.4, -0.2) is 24.1 Å². The lowest BCUT2D eigenvalue weighted by molar-refractivity contribution is 0.795. The number of hydrogen-bond acceptors (Lipinski definition) is 4. The maximum atomic E-state index is 12.5. The van der Waals surface area contributed by atoms with Gasteiger partial charge in [-0.05, 0) is 72.8 Å². The van der Waals surface area contributed by atoms with Crippen molar-refractivity contribution in [3.63, 3.8) is 0 Å². The van der Waals surface area contributed by atoms with Gasteiger partial charge in [-0.2, -0.15) is 0 Å². The Morgan fingerprint density at radius 1 is 0.370 bits per heavy atom. The van der Waals surface area contributed by atoms with Gasteiger partial charge in [0, 0.05) is 30.8 Å². The van der Waals surface area contributed by atoms with Crippen LogP contribution in [0.3, 0.4) is 0 Å². The predicted octanol–water partition coefficient (Wildman–Crippen LogP) is 10.9. The van der Waals surface area contributed by atoms with Crippen LogP contribution < -0.4 is 5.69 Å². The van der Waals surface area contributed by atoms with E-state index >= 15 is 0 Å². The minimum Gasteiger partial charge on any atom is -0.295 e. The summed E-state index contributed by atoms with van der Waals surface area (Å²) in [5.74, 6) is 1.83. The summed E-state index contributed by atoms with van der Waals surface area (Å²) in [6.07, 6.45) is 0. The molecule has 0 saturated heterocycles. The zero-order valence-electron chi connectivity index (χ0n) is 29.7. The zero-order chi connectivity index (χ0) is 36.3. The van der Waals surface area contributed by atoms with Gasteiger partial charge in [0.15, 0.2) is 17.5 Å².